The highest BCUT2D eigenvalue weighted by Gasteiger charge is 2.03. The van der Waals surface area contributed by atoms with Crippen LogP contribution in [0.2, 0.25) is 0 Å². The number of hydrogen-bond acceptors (Lipinski definition) is 4. The third-order valence-corrected chi connectivity index (χ3v) is 2.64. The summed E-state index contributed by atoms with van der Waals surface area (Å²) in [5, 5.41) is 12.9. The van der Waals surface area contributed by atoms with Gasteiger partial charge < -0.3 is 19.9 Å². The van der Waals surface area contributed by atoms with Gasteiger partial charge in [0.1, 0.15) is 0 Å². The van der Waals surface area contributed by atoms with Gasteiger partial charge in [-0.25, -0.2) is 0 Å². The predicted molar refractivity (Wildman–Crippen MR) is 77.5 cm³/mol. The van der Waals surface area contributed by atoms with E-state index in [1.165, 1.54) is 0 Å². The summed E-state index contributed by atoms with van der Waals surface area (Å²) in [7, 11) is 0. The van der Waals surface area contributed by atoms with Gasteiger partial charge in [0, 0.05) is 18.8 Å². The summed E-state index contributed by atoms with van der Waals surface area (Å²) < 4.78 is 10.7. The molecule has 4 heteroatoms. The van der Waals surface area contributed by atoms with Crippen LogP contribution in [-0.2, 0) is 9.47 Å². The Labute approximate surface area is 115 Å². The minimum Gasteiger partial charge on any atom is -0.389 e. The number of unbranched alkanes of at least 4 members (excludes halogenated alkanes) is 1. The minimum atomic E-state index is -0.504. The zero-order chi connectivity index (χ0) is 13.8. The van der Waals surface area contributed by atoms with Crippen molar-refractivity contribution in [1.82, 2.24) is 0 Å². The molecule has 0 fully saturated rings. The summed E-state index contributed by atoms with van der Waals surface area (Å²) >= 11 is 0. The summed E-state index contributed by atoms with van der Waals surface area (Å²) in [6.45, 7) is 4.87. The van der Waals surface area contributed by atoms with E-state index in [2.05, 4.69) is 12.2 Å². The van der Waals surface area contributed by atoms with Gasteiger partial charge in [0.25, 0.3) is 0 Å². The lowest BCUT2D eigenvalue weighted by Gasteiger charge is -2.13. The summed E-state index contributed by atoms with van der Waals surface area (Å²) in [6, 6.07) is 9.81. The van der Waals surface area contributed by atoms with Gasteiger partial charge in [-0.2, -0.15) is 0 Å². The van der Waals surface area contributed by atoms with Crippen LogP contribution < -0.4 is 5.32 Å². The molecule has 1 atom stereocenters. The SMILES string of the molecule is CCCCOCCOCC(O)CNc1ccccc1. The Kier molecular flexibility index (Phi) is 9.06. The largest absolute Gasteiger partial charge is 0.389 e. The van der Waals surface area contributed by atoms with E-state index in [1.807, 2.05) is 30.3 Å². The minimum absolute atomic E-state index is 0.330. The van der Waals surface area contributed by atoms with Crippen molar-refractivity contribution >= 4 is 5.69 Å². The number of anilines is 1. The van der Waals surface area contributed by atoms with Gasteiger partial charge in [-0.05, 0) is 18.6 Å². The molecule has 0 aliphatic carbocycles. The first-order valence-corrected chi connectivity index (χ1v) is 6.95. The summed E-state index contributed by atoms with van der Waals surface area (Å²) in [5.74, 6) is 0. The smallest absolute Gasteiger partial charge is 0.0945 e. The molecule has 0 saturated heterocycles. The van der Waals surface area contributed by atoms with Crippen LogP contribution in [-0.4, -0.2) is 44.2 Å². The van der Waals surface area contributed by atoms with E-state index in [0.29, 0.717) is 26.4 Å². The zero-order valence-electron chi connectivity index (χ0n) is 11.7. The Morgan fingerprint density at radius 1 is 1.11 bits per heavy atom. The number of aliphatic hydroxyl groups is 1. The van der Waals surface area contributed by atoms with E-state index in [9.17, 15) is 5.11 Å². The van der Waals surface area contributed by atoms with E-state index in [0.717, 1.165) is 25.1 Å². The highest BCUT2D eigenvalue weighted by Crippen LogP contribution is 2.04. The highest BCUT2D eigenvalue weighted by atomic mass is 16.5. The molecule has 1 aromatic carbocycles. The number of para-hydroxylation sites is 1. The van der Waals surface area contributed by atoms with E-state index in [-0.39, 0.29) is 0 Å². The number of hydrogen-bond donors (Lipinski definition) is 2. The third-order valence-electron chi connectivity index (χ3n) is 2.64. The van der Waals surface area contributed by atoms with Crippen LogP contribution in [0.1, 0.15) is 19.8 Å². The Bertz CT molecular complexity index is 306. The Morgan fingerprint density at radius 2 is 1.84 bits per heavy atom. The molecule has 0 bridgehead atoms. The molecule has 108 valence electrons. The summed E-state index contributed by atoms with van der Waals surface area (Å²) in [4.78, 5) is 0. The topological polar surface area (TPSA) is 50.7 Å². The standard InChI is InChI=1S/C15H25NO3/c1-2-3-9-18-10-11-19-13-15(17)12-16-14-7-5-4-6-8-14/h4-8,15-17H,2-3,9-13H2,1H3. The molecule has 1 aromatic rings. The molecule has 0 heterocycles. The lowest BCUT2D eigenvalue weighted by molar-refractivity contribution is 0.00749. The molecule has 0 saturated carbocycles. The Balaban J connectivity index is 1.95. The fourth-order valence-corrected chi connectivity index (χ4v) is 1.54. The number of rotatable bonds is 11. The van der Waals surface area contributed by atoms with Crippen molar-refractivity contribution in [2.45, 2.75) is 25.9 Å². The fourth-order valence-electron chi connectivity index (χ4n) is 1.54. The molecule has 0 radical (unpaired) electrons. The highest BCUT2D eigenvalue weighted by molar-refractivity contribution is 5.42. The fraction of sp³-hybridized carbons (Fsp3) is 0.600. The van der Waals surface area contributed by atoms with Gasteiger partial charge in [0.2, 0.25) is 0 Å². The predicted octanol–water partition coefficient (Wildman–Crippen LogP) is 2.29. The number of ether oxygens (including phenoxy) is 2. The quantitative estimate of drug-likeness (QED) is 0.604. The van der Waals surface area contributed by atoms with Gasteiger partial charge in [-0.1, -0.05) is 31.5 Å². The van der Waals surface area contributed by atoms with Crippen LogP contribution in [0, 0.1) is 0 Å². The molecule has 1 rings (SSSR count). The van der Waals surface area contributed by atoms with Gasteiger partial charge in [-0.3, -0.25) is 0 Å². The number of aliphatic hydroxyl groups excluding tert-OH is 1. The van der Waals surface area contributed by atoms with E-state index in [4.69, 9.17) is 9.47 Å². The molecular formula is C15H25NO3. The lowest BCUT2D eigenvalue weighted by Crippen LogP contribution is -2.25. The maximum atomic E-state index is 9.72. The maximum Gasteiger partial charge on any atom is 0.0945 e. The average molecular weight is 267 g/mol. The molecule has 0 aromatic heterocycles. The lowest BCUT2D eigenvalue weighted by atomic mass is 10.3. The van der Waals surface area contributed by atoms with Gasteiger partial charge >= 0.3 is 0 Å². The molecule has 0 spiro atoms. The van der Waals surface area contributed by atoms with E-state index < -0.39 is 6.10 Å². The maximum absolute atomic E-state index is 9.72. The van der Waals surface area contributed by atoms with Crippen molar-refractivity contribution < 1.29 is 14.6 Å². The number of nitrogens with one attached hydrogen (secondary N) is 1. The van der Waals surface area contributed by atoms with Crippen LogP contribution in [0.4, 0.5) is 5.69 Å². The van der Waals surface area contributed by atoms with Crippen molar-refractivity contribution in [2.24, 2.45) is 0 Å². The molecular weight excluding hydrogens is 242 g/mol. The zero-order valence-corrected chi connectivity index (χ0v) is 11.7. The second-order valence-corrected chi connectivity index (χ2v) is 4.44. The number of benzene rings is 1. The van der Waals surface area contributed by atoms with Crippen LogP contribution in [0.3, 0.4) is 0 Å². The second kappa shape index (κ2) is 10.8. The normalized spacial score (nSPS) is 12.3. The first-order chi connectivity index (χ1) is 9.33. The van der Waals surface area contributed by atoms with Crippen LogP contribution >= 0.6 is 0 Å². The van der Waals surface area contributed by atoms with E-state index in [1.54, 1.807) is 0 Å². The molecule has 0 aliphatic heterocycles. The van der Waals surface area contributed by atoms with Crippen molar-refractivity contribution in [1.29, 1.82) is 0 Å². The van der Waals surface area contributed by atoms with Crippen molar-refractivity contribution in [2.75, 3.05) is 38.3 Å². The summed E-state index contributed by atoms with van der Waals surface area (Å²) in [6.07, 6.45) is 1.73. The first-order valence-electron chi connectivity index (χ1n) is 6.95. The van der Waals surface area contributed by atoms with Gasteiger partial charge in [-0.15, -0.1) is 0 Å². The molecule has 19 heavy (non-hydrogen) atoms. The molecule has 0 aliphatic rings. The molecule has 1 unspecified atom stereocenters. The average Bonchev–Trinajstić information content (AvgIpc) is 2.45. The van der Waals surface area contributed by atoms with Crippen molar-refractivity contribution in [3.63, 3.8) is 0 Å². The first kappa shape index (κ1) is 16.0. The summed E-state index contributed by atoms with van der Waals surface area (Å²) in [5.41, 5.74) is 1.00. The second-order valence-electron chi connectivity index (χ2n) is 4.44. The molecule has 2 N–H and O–H groups in total. The Morgan fingerprint density at radius 3 is 2.58 bits per heavy atom. The molecule has 4 nitrogen and oxygen atoms in total. The third kappa shape index (κ3) is 8.59. The monoisotopic (exact) mass is 267 g/mol. The van der Waals surface area contributed by atoms with E-state index >= 15 is 0 Å². The van der Waals surface area contributed by atoms with Crippen LogP contribution in [0.15, 0.2) is 30.3 Å². The van der Waals surface area contributed by atoms with Crippen molar-refractivity contribution in [3.8, 4) is 0 Å². The van der Waals surface area contributed by atoms with Crippen molar-refractivity contribution in [3.05, 3.63) is 30.3 Å². The Hall–Kier alpha value is -1.10. The molecule has 0 amide bonds. The van der Waals surface area contributed by atoms with Crippen LogP contribution in [0.5, 0.6) is 0 Å². The van der Waals surface area contributed by atoms with Crippen LogP contribution in [0.25, 0.3) is 0 Å². The van der Waals surface area contributed by atoms with Gasteiger partial charge in [0.15, 0.2) is 0 Å². The van der Waals surface area contributed by atoms with Gasteiger partial charge in [0.05, 0.1) is 25.9 Å².